The third kappa shape index (κ3) is 4.47. The van der Waals surface area contributed by atoms with E-state index in [0.29, 0.717) is 6.07 Å². The van der Waals surface area contributed by atoms with E-state index >= 15 is 0 Å². The van der Waals surface area contributed by atoms with Crippen LogP contribution in [0.4, 0.5) is 36.4 Å². The van der Waals surface area contributed by atoms with Crippen molar-refractivity contribution in [2.75, 3.05) is 29.9 Å². The molecule has 0 saturated carbocycles. The Kier molecular flexibility index (Phi) is 7.15. The number of carbonyl (C=O) groups excluding carboxylic acids is 1. The summed E-state index contributed by atoms with van der Waals surface area (Å²) in [5.41, 5.74) is -8.12. The maximum atomic E-state index is 14.9. The number of alkyl halides is 7. The predicted molar refractivity (Wildman–Crippen MR) is 137 cm³/mol. The van der Waals surface area contributed by atoms with E-state index in [4.69, 9.17) is 0 Å². The fourth-order valence-corrected chi connectivity index (χ4v) is 10.1. The van der Waals surface area contributed by atoms with E-state index in [1.54, 1.807) is 6.07 Å². The lowest BCUT2D eigenvalue weighted by Crippen LogP contribution is -2.56. The first-order valence-electron chi connectivity index (χ1n) is 12.9. The summed E-state index contributed by atoms with van der Waals surface area (Å²) >= 11 is 0. The van der Waals surface area contributed by atoms with Gasteiger partial charge < -0.3 is 10.2 Å². The number of amides is 1. The molecule has 3 aliphatic heterocycles. The van der Waals surface area contributed by atoms with E-state index in [9.17, 15) is 52.4 Å². The third-order valence-electron chi connectivity index (χ3n) is 8.50. The van der Waals surface area contributed by atoms with Gasteiger partial charge in [0, 0.05) is 30.3 Å². The van der Waals surface area contributed by atoms with E-state index < -0.39 is 71.6 Å². The zero-order valence-electron chi connectivity index (χ0n) is 21.7. The van der Waals surface area contributed by atoms with Crippen molar-refractivity contribution < 1.29 is 52.4 Å². The quantitative estimate of drug-likeness (QED) is 0.494. The van der Waals surface area contributed by atoms with Crippen molar-refractivity contribution in [3.8, 4) is 0 Å². The number of benzene rings is 2. The van der Waals surface area contributed by atoms with Gasteiger partial charge in [-0.05, 0) is 43.0 Å². The second-order valence-electron chi connectivity index (χ2n) is 10.7. The van der Waals surface area contributed by atoms with Crippen LogP contribution in [-0.4, -0.2) is 70.6 Å². The largest absolute Gasteiger partial charge is 0.435 e. The molecule has 1 N–H and O–H groups in total. The Labute approximate surface area is 236 Å². The Morgan fingerprint density at radius 2 is 1.52 bits per heavy atom. The minimum Gasteiger partial charge on any atom is -0.383 e. The summed E-state index contributed by atoms with van der Waals surface area (Å²) in [5, 5.41) is 2.64. The first-order chi connectivity index (χ1) is 19.4. The Morgan fingerprint density at radius 3 is 2.10 bits per heavy atom. The first-order valence-corrected chi connectivity index (χ1v) is 16.2. The number of likely N-dealkylation sites (tertiary alicyclic amines) is 1. The molecule has 42 heavy (non-hydrogen) atoms. The van der Waals surface area contributed by atoms with Gasteiger partial charge in [0.2, 0.25) is 5.91 Å². The number of rotatable bonds is 4. The molecular formula is C26H25F7N2O5S2. The van der Waals surface area contributed by atoms with Crippen LogP contribution in [0.25, 0.3) is 0 Å². The molecule has 0 radical (unpaired) electrons. The molecule has 2 atom stereocenters. The Morgan fingerprint density at radius 1 is 0.929 bits per heavy atom. The highest BCUT2D eigenvalue weighted by molar-refractivity contribution is 7.92. The molecule has 2 aromatic rings. The SMILES string of the molecule is O=C(C1CCS(=O)(=O)CC1)N1CCC2(S(=O)(=O)c3ccccc3)c3ccc(C(F)(C(F)(F)F)C(F)(F)F)cc3NCC12. The highest BCUT2D eigenvalue weighted by atomic mass is 32.2. The van der Waals surface area contributed by atoms with Crippen molar-refractivity contribution in [3.05, 3.63) is 59.7 Å². The van der Waals surface area contributed by atoms with Crippen LogP contribution in [0.2, 0.25) is 0 Å². The number of halogens is 7. The van der Waals surface area contributed by atoms with Crippen LogP contribution < -0.4 is 5.32 Å². The molecule has 0 bridgehead atoms. The van der Waals surface area contributed by atoms with Gasteiger partial charge in [-0.3, -0.25) is 4.79 Å². The van der Waals surface area contributed by atoms with E-state index in [2.05, 4.69) is 5.32 Å². The second-order valence-corrected chi connectivity index (χ2v) is 15.2. The lowest BCUT2D eigenvalue weighted by atomic mass is 9.83. The van der Waals surface area contributed by atoms with Gasteiger partial charge in [0.05, 0.1) is 22.4 Å². The third-order valence-corrected chi connectivity index (χ3v) is 12.8. The lowest BCUT2D eigenvalue weighted by Gasteiger charge is -2.44. The summed E-state index contributed by atoms with van der Waals surface area (Å²) in [4.78, 5) is 14.7. The van der Waals surface area contributed by atoms with Crippen molar-refractivity contribution in [2.45, 2.75) is 53.0 Å². The number of carbonyl (C=O) groups is 1. The zero-order chi connectivity index (χ0) is 30.9. The van der Waals surface area contributed by atoms with Gasteiger partial charge in [-0.25, -0.2) is 21.2 Å². The van der Waals surface area contributed by atoms with Gasteiger partial charge >= 0.3 is 18.0 Å². The van der Waals surface area contributed by atoms with Gasteiger partial charge in [0.1, 0.15) is 14.6 Å². The highest BCUT2D eigenvalue weighted by Crippen LogP contribution is 2.57. The Hall–Kier alpha value is -2.88. The molecule has 2 aromatic carbocycles. The van der Waals surface area contributed by atoms with Crippen LogP contribution >= 0.6 is 0 Å². The van der Waals surface area contributed by atoms with Gasteiger partial charge in [0.15, 0.2) is 9.84 Å². The molecular weight excluding hydrogens is 617 g/mol. The molecule has 1 amide bonds. The van der Waals surface area contributed by atoms with Crippen LogP contribution in [0.5, 0.6) is 0 Å². The van der Waals surface area contributed by atoms with Gasteiger partial charge in [-0.15, -0.1) is 0 Å². The molecule has 2 unspecified atom stereocenters. The van der Waals surface area contributed by atoms with Crippen molar-refractivity contribution >= 4 is 31.3 Å². The van der Waals surface area contributed by atoms with Crippen LogP contribution in [0, 0.1) is 5.92 Å². The molecule has 16 heteroatoms. The number of nitrogens with zero attached hydrogens (tertiary/aromatic N) is 1. The molecule has 0 aliphatic carbocycles. The number of sulfone groups is 2. The molecule has 3 heterocycles. The predicted octanol–water partition coefficient (Wildman–Crippen LogP) is 4.50. The molecule has 5 rings (SSSR count). The fraction of sp³-hybridized carbons (Fsp3) is 0.500. The van der Waals surface area contributed by atoms with E-state index in [-0.39, 0.29) is 60.4 Å². The maximum absolute atomic E-state index is 14.9. The lowest BCUT2D eigenvalue weighted by molar-refractivity contribution is -0.348. The number of nitrogens with one attached hydrogen (secondary N) is 1. The number of hydrogen-bond acceptors (Lipinski definition) is 6. The summed E-state index contributed by atoms with van der Waals surface area (Å²) in [6.07, 6.45) is -12.9. The van der Waals surface area contributed by atoms with E-state index in [0.717, 1.165) is 6.07 Å². The minimum atomic E-state index is -6.37. The van der Waals surface area contributed by atoms with E-state index in [1.807, 2.05) is 0 Å². The summed E-state index contributed by atoms with van der Waals surface area (Å²) in [6, 6.07) is 7.20. The van der Waals surface area contributed by atoms with Crippen LogP contribution in [0.15, 0.2) is 53.4 Å². The van der Waals surface area contributed by atoms with Crippen LogP contribution in [0.3, 0.4) is 0 Å². The topological polar surface area (TPSA) is 101 Å². The average molecular weight is 643 g/mol. The summed E-state index contributed by atoms with van der Waals surface area (Å²) in [5.74, 6) is -1.64. The molecule has 3 aliphatic rings. The van der Waals surface area contributed by atoms with Gasteiger partial charge in [-0.2, -0.15) is 26.3 Å². The first kappa shape index (κ1) is 30.6. The second kappa shape index (κ2) is 9.82. The van der Waals surface area contributed by atoms with Crippen molar-refractivity contribution in [2.24, 2.45) is 5.92 Å². The highest BCUT2D eigenvalue weighted by Gasteiger charge is 2.74. The molecule has 2 fully saturated rings. The Bertz CT molecular complexity index is 1580. The minimum absolute atomic E-state index is 0.0314. The van der Waals surface area contributed by atoms with Crippen LogP contribution in [0.1, 0.15) is 30.4 Å². The molecule has 7 nitrogen and oxygen atoms in total. The maximum Gasteiger partial charge on any atom is 0.435 e. The molecule has 0 spiro atoms. The summed E-state index contributed by atoms with van der Waals surface area (Å²) < 4.78 is 146. The molecule has 0 aromatic heterocycles. The standard InChI is InChI=1S/C26H25F7N2O5S2/c27-24(25(28,29)30,26(31,32)33)17-6-7-19-20(14-17)34-15-21-23(19,42(39,40)18-4-2-1-3-5-18)10-11-35(21)22(36)16-8-12-41(37,38)13-9-16/h1-7,14,16,21,34H,8-13,15H2. The number of fused-ring (bicyclic) bond motifs is 3. The number of hydrogen-bond donors (Lipinski definition) is 1. The normalized spacial score (nSPS) is 24.9. The monoisotopic (exact) mass is 642 g/mol. The van der Waals surface area contributed by atoms with Gasteiger partial charge in [0.25, 0.3) is 0 Å². The van der Waals surface area contributed by atoms with Crippen molar-refractivity contribution in [1.82, 2.24) is 4.90 Å². The van der Waals surface area contributed by atoms with Crippen molar-refractivity contribution in [1.29, 1.82) is 0 Å². The number of anilines is 1. The zero-order valence-corrected chi connectivity index (χ0v) is 23.3. The Balaban J connectivity index is 1.64. The van der Waals surface area contributed by atoms with Crippen LogP contribution in [-0.2, 0) is 34.9 Å². The summed E-state index contributed by atoms with van der Waals surface area (Å²) in [6.45, 7) is -0.504. The van der Waals surface area contributed by atoms with E-state index in [1.165, 1.54) is 29.2 Å². The van der Waals surface area contributed by atoms with Gasteiger partial charge in [-0.1, -0.05) is 30.3 Å². The van der Waals surface area contributed by atoms with Crippen molar-refractivity contribution in [3.63, 3.8) is 0 Å². The molecule has 2 saturated heterocycles. The smallest absolute Gasteiger partial charge is 0.383 e. The summed E-state index contributed by atoms with van der Waals surface area (Å²) in [7, 11) is -7.78. The molecule has 230 valence electrons. The average Bonchev–Trinajstić information content (AvgIpc) is 3.33. The fourth-order valence-electron chi connectivity index (χ4n) is 6.32.